The van der Waals surface area contributed by atoms with Crippen molar-refractivity contribution in [2.45, 2.75) is 38.8 Å². The summed E-state index contributed by atoms with van der Waals surface area (Å²) in [6, 6.07) is 22.3. The largest absolute Gasteiger partial charge is 0.486 e. The quantitative estimate of drug-likeness (QED) is 0.453. The van der Waals surface area contributed by atoms with E-state index in [-0.39, 0.29) is 5.91 Å². The number of imidazole rings is 1. The molecule has 0 saturated carbocycles. The molecule has 5 heteroatoms. The molecule has 0 bridgehead atoms. The monoisotopic (exact) mass is 413 g/mol. The molecule has 0 unspecified atom stereocenters. The number of aromatic nitrogens is 2. The Labute approximate surface area is 182 Å². The van der Waals surface area contributed by atoms with Gasteiger partial charge in [-0.1, -0.05) is 55.3 Å². The van der Waals surface area contributed by atoms with E-state index in [1.54, 1.807) is 0 Å². The summed E-state index contributed by atoms with van der Waals surface area (Å²) in [4.78, 5) is 19.9. The summed E-state index contributed by atoms with van der Waals surface area (Å²) in [5.74, 6) is 1.74. The molecular formula is C26H27N3O2. The van der Waals surface area contributed by atoms with Crippen LogP contribution in [-0.4, -0.2) is 33.4 Å². The van der Waals surface area contributed by atoms with Crippen molar-refractivity contribution >= 4 is 27.7 Å². The molecule has 2 heterocycles. The Morgan fingerprint density at radius 1 is 0.871 bits per heavy atom. The Morgan fingerprint density at radius 3 is 2.45 bits per heavy atom. The number of amides is 1. The third-order valence-electron chi connectivity index (χ3n) is 6.07. The summed E-state index contributed by atoms with van der Waals surface area (Å²) in [6.45, 7) is 2.33. The van der Waals surface area contributed by atoms with Gasteiger partial charge in [0.05, 0.1) is 11.0 Å². The molecule has 0 radical (unpaired) electrons. The zero-order valence-electron chi connectivity index (χ0n) is 17.7. The molecule has 158 valence electrons. The first-order valence-corrected chi connectivity index (χ1v) is 11.1. The average Bonchev–Trinajstić information content (AvgIpc) is 2.96. The van der Waals surface area contributed by atoms with Crippen LogP contribution < -0.4 is 4.74 Å². The Kier molecular flexibility index (Phi) is 5.57. The lowest BCUT2D eigenvalue weighted by atomic mass is 10.1. The van der Waals surface area contributed by atoms with Crippen LogP contribution in [0.2, 0.25) is 0 Å². The third kappa shape index (κ3) is 4.26. The van der Waals surface area contributed by atoms with Crippen molar-refractivity contribution in [2.75, 3.05) is 13.1 Å². The van der Waals surface area contributed by atoms with E-state index >= 15 is 0 Å². The number of ether oxygens (including phenoxy) is 1. The molecule has 5 rings (SSSR count). The van der Waals surface area contributed by atoms with Gasteiger partial charge in [0.2, 0.25) is 5.91 Å². The Morgan fingerprint density at radius 2 is 1.61 bits per heavy atom. The number of nitrogens with zero attached hydrogens (tertiary/aromatic N) is 3. The molecule has 3 aromatic carbocycles. The Bertz CT molecular complexity index is 1210. The first-order chi connectivity index (χ1) is 15.3. The second-order valence-electron chi connectivity index (χ2n) is 8.20. The van der Waals surface area contributed by atoms with E-state index in [0.717, 1.165) is 53.9 Å². The number of rotatable bonds is 5. The molecule has 5 nitrogen and oxygen atoms in total. The van der Waals surface area contributed by atoms with Gasteiger partial charge in [-0.3, -0.25) is 4.79 Å². The van der Waals surface area contributed by atoms with E-state index in [4.69, 9.17) is 9.72 Å². The fraction of sp³-hybridized carbons (Fsp3) is 0.308. The number of carbonyl (C=O) groups is 1. The number of benzene rings is 3. The van der Waals surface area contributed by atoms with Crippen LogP contribution >= 0.6 is 0 Å². The minimum atomic E-state index is 0.164. The molecule has 31 heavy (non-hydrogen) atoms. The van der Waals surface area contributed by atoms with Crippen molar-refractivity contribution in [3.8, 4) is 5.75 Å². The van der Waals surface area contributed by atoms with Crippen LogP contribution in [0.5, 0.6) is 5.75 Å². The van der Waals surface area contributed by atoms with E-state index < -0.39 is 0 Å². The predicted molar refractivity (Wildman–Crippen MR) is 123 cm³/mol. The smallest absolute Gasteiger partial charge is 0.242 e. The summed E-state index contributed by atoms with van der Waals surface area (Å²) in [5, 5.41) is 2.33. The minimum Gasteiger partial charge on any atom is -0.486 e. The lowest BCUT2D eigenvalue weighted by Crippen LogP contribution is -2.35. The van der Waals surface area contributed by atoms with Crippen LogP contribution in [0.25, 0.3) is 21.8 Å². The van der Waals surface area contributed by atoms with Gasteiger partial charge in [0, 0.05) is 13.1 Å². The van der Waals surface area contributed by atoms with Crippen LogP contribution in [0.3, 0.4) is 0 Å². The summed E-state index contributed by atoms with van der Waals surface area (Å²) in [7, 11) is 0. The van der Waals surface area contributed by atoms with Gasteiger partial charge in [-0.2, -0.15) is 0 Å². The zero-order chi connectivity index (χ0) is 21.0. The molecule has 0 aliphatic carbocycles. The van der Waals surface area contributed by atoms with Crippen LogP contribution in [0, 0.1) is 0 Å². The van der Waals surface area contributed by atoms with Crippen molar-refractivity contribution in [2.24, 2.45) is 0 Å². The number of fused-ring (bicyclic) bond motifs is 2. The highest BCUT2D eigenvalue weighted by Crippen LogP contribution is 2.23. The average molecular weight is 414 g/mol. The van der Waals surface area contributed by atoms with Crippen molar-refractivity contribution in [1.29, 1.82) is 0 Å². The number of para-hydroxylation sites is 2. The number of hydrogen-bond donors (Lipinski definition) is 0. The van der Waals surface area contributed by atoms with Crippen LogP contribution in [0.15, 0.2) is 66.7 Å². The third-order valence-corrected chi connectivity index (χ3v) is 6.07. The molecule has 1 fully saturated rings. The van der Waals surface area contributed by atoms with E-state index in [0.29, 0.717) is 13.2 Å². The predicted octanol–water partition coefficient (Wildman–Crippen LogP) is 5.17. The van der Waals surface area contributed by atoms with Gasteiger partial charge in [-0.05, 0) is 47.9 Å². The molecule has 0 atom stereocenters. The lowest BCUT2D eigenvalue weighted by molar-refractivity contribution is -0.131. The standard InChI is InChI=1S/C26H27N3O2/c30-26(28-15-7-1-2-8-16-28)18-29-24-12-6-5-11-23(24)27-25(29)19-31-22-14-13-20-9-3-4-10-21(20)17-22/h3-6,9-14,17H,1-2,7-8,15-16,18-19H2. The molecule has 1 amide bonds. The maximum Gasteiger partial charge on any atom is 0.242 e. The topological polar surface area (TPSA) is 47.4 Å². The second kappa shape index (κ2) is 8.80. The van der Waals surface area contributed by atoms with Crippen LogP contribution in [-0.2, 0) is 17.9 Å². The molecule has 1 aliphatic heterocycles. The highest BCUT2D eigenvalue weighted by molar-refractivity contribution is 5.84. The van der Waals surface area contributed by atoms with Gasteiger partial charge in [0.15, 0.2) is 0 Å². The van der Waals surface area contributed by atoms with Crippen molar-refractivity contribution < 1.29 is 9.53 Å². The van der Waals surface area contributed by atoms with Gasteiger partial charge in [0.1, 0.15) is 24.7 Å². The van der Waals surface area contributed by atoms with Crippen molar-refractivity contribution in [3.05, 3.63) is 72.6 Å². The molecule has 4 aromatic rings. The Hall–Kier alpha value is -3.34. The van der Waals surface area contributed by atoms with Crippen LogP contribution in [0.1, 0.15) is 31.5 Å². The van der Waals surface area contributed by atoms with Crippen LogP contribution in [0.4, 0.5) is 0 Å². The maximum absolute atomic E-state index is 13.1. The SMILES string of the molecule is O=C(Cn1c(COc2ccc3ccccc3c2)nc2ccccc21)N1CCCCCC1. The van der Waals surface area contributed by atoms with Crippen molar-refractivity contribution in [3.63, 3.8) is 0 Å². The van der Waals surface area contributed by atoms with E-state index in [1.807, 2.05) is 58.0 Å². The fourth-order valence-electron chi connectivity index (χ4n) is 4.37. The molecule has 1 saturated heterocycles. The summed E-state index contributed by atoms with van der Waals surface area (Å²) in [6.07, 6.45) is 4.61. The van der Waals surface area contributed by atoms with E-state index in [9.17, 15) is 4.79 Å². The van der Waals surface area contributed by atoms with Gasteiger partial charge < -0.3 is 14.2 Å². The summed E-state index contributed by atoms with van der Waals surface area (Å²) >= 11 is 0. The number of likely N-dealkylation sites (tertiary alicyclic amines) is 1. The normalized spacial score (nSPS) is 14.6. The van der Waals surface area contributed by atoms with Gasteiger partial charge in [-0.15, -0.1) is 0 Å². The highest BCUT2D eigenvalue weighted by Gasteiger charge is 2.19. The van der Waals surface area contributed by atoms with Gasteiger partial charge in [-0.25, -0.2) is 4.98 Å². The summed E-state index contributed by atoms with van der Waals surface area (Å²) in [5.41, 5.74) is 1.87. The lowest BCUT2D eigenvalue weighted by Gasteiger charge is -2.21. The Balaban J connectivity index is 1.39. The van der Waals surface area contributed by atoms with Gasteiger partial charge >= 0.3 is 0 Å². The van der Waals surface area contributed by atoms with E-state index in [2.05, 4.69) is 18.2 Å². The van der Waals surface area contributed by atoms with Gasteiger partial charge in [0.25, 0.3) is 0 Å². The summed E-state index contributed by atoms with van der Waals surface area (Å²) < 4.78 is 8.13. The van der Waals surface area contributed by atoms with E-state index in [1.165, 1.54) is 18.2 Å². The first-order valence-electron chi connectivity index (χ1n) is 11.1. The molecular weight excluding hydrogens is 386 g/mol. The zero-order valence-corrected chi connectivity index (χ0v) is 17.7. The maximum atomic E-state index is 13.1. The number of carbonyl (C=O) groups excluding carboxylic acids is 1. The molecule has 0 N–H and O–H groups in total. The highest BCUT2D eigenvalue weighted by atomic mass is 16.5. The first kappa shape index (κ1) is 19.6. The fourth-order valence-corrected chi connectivity index (χ4v) is 4.37. The number of hydrogen-bond acceptors (Lipinski definition) is 3. The van der Waals surface area contributed by atoms with Crippen molar-refractivity contribution in [1.82, 2.24) is 14.5 Å². The molecule has 1 aliphatic rings. The second-order valence-corrected chi connectivity index (χ2v) is 8.20. The minimum absolute atomic E-state index is 0.164. The molecule has 1 aromatic heterocycles. The molecule has 0 spiro atoms.